The van der Waals surface area contributed by atoms with Crippen molar-refractivity contribution in [2.75, 3.05) is 19.6 Å². The van der Waals surface area contributed by atoms with Gasteiger partial charge in [0.05, 0.1) is 0 Å². The lowest BCUT2D eigenvalue weighted by Crippen LogP contribution is -2.66. The highest BCUT2D eigenvalue weighted by Gasteiger charge is 2.37. The molecule has 1 saturated heterocycles. The van der Waals surface area contributed by atoms with Gasteiger partial charge in [0.15, 0.2) is 0 Å². The van der Waals surface area contributed by atoms with Crippen LogP contribution < -0.4 is 5.32 Å². The highest BCUT2D eigenvalue weighted by molar-refractivity contribution is 4.98. The normalized spacial score (nSPS) is 34.8. The molecule has 2 heteroatoms. The Labute approximate surface area is 82.7 Å². The Morgan fingerprint density at radius 2 is 1.85 bits per heavy atom. The number of nitrogens with zero attached hydrogens (tertiary/aromatic N) is 1. The third-order valence-electron chi connectivity index (χ3n) is 3.51. The van der Waals surface area contributed by atoms with Crippen LogP contribution in [0.4, 0.5) is 0 Å². The number of rotatable bonds is 2. The van der Waals surface area contributed by atoms with Gasteiger partial charge in [-0.25, -0.2) is 0 Å². The first kappa shape index (κ1) is 11.0. The third-order valence-corrected chi connectivity index (χ3v) is 3.51. The molecule has 1 unspecified atom stereocenters. The van der Waals surface area contributed by atoms with Gasteiger partial charge in [-0.3, -0.25) is 4.90 Å². The van der Waals surface area contributed by atoms with Crippen molar-refractivity contribution in [2.45, 2.75) is 52.1 Å². The Morgan fingerprint density at radius 3 is 2.31 bits per heavy atom. The summed E-state index contributed by atoms with van der Waals surface area (Å²) >= 11 is 0. The summed E-state index contributed by atoms with van der Waals surface area (Å²) in [4.78, 5) is 2.58. The second kappa shape index (κ2) is 3.58. The smallest absolute Gasteiger partial charge is 0.0278 e. The van der Waals surface area contributed by atoms with Crippen molar-refractivity contribution in [1.82, 2.24) is 10.2 Å². The van der Waals surface area contributed by atoms with Gasteiger partial charge in [-0.2, -0.15) is 0 Å². The molecule has 0 radical (unpaired) electrons. The third kappa shape index (κ3) is 2.23. The second-order valence-electron chi connectivity index (χ2n) is 5.09. The van der Waals surface area contributed by atoms with Crippen LogP contribution in [0.3, 0.4) is 0 Å². The van der Waals surface area contributed by atoms with Crippen molar-refractivity contribution in [3.05, 3.63) is 0 Å². The average Bonchev–Trinajstić information content (AvgIpc) is 2.10. The van der Waals surface area contributed by atoms with Crippen molar-refractivity contribution < 1.29 is 0 Å². The topological polar surface area (TPSA) is 15.3 Å². The Kier molecular flexibility index (Phi) is 3.03. The molecule has 0 aliphatic carbocycles. The van der Waals surface area contributed by atoms with E-state index in [0.717, 1.165) is 13.1 Å². The molecule has 78 valence electrons. The van der Waals surface area contributed by atoms with Gasteiger partial charge in [-0.15, -0.1) is 0 Å². The molecule has 1 atom stereocenters. The van der Waals surface area contributed by atoms with Gasteiger partial charge in [0.1, 0.15) is 0 Å². The molecule has 0 spiro atoms. The molecule has 1 fully saturated rings. The van der Waals surface area contributed by atoms with E-state index in [9.17, 15) is 0 Å². The van der Waals surface area contributed by atoms with Crippen molar-refractivity contribution >= 4 is 0 Å². The van der Waals surface area contributed by atoms with Gasteiger partial charge in [-0.1, -0.05) is 13.8 Å². The van der Waals surface area contributed by atoms with E-state index < -0.39 is 0 Å². The Hall–Kier alpha value is -0.0800. The van der Waals surface area contributed by atoms with E-state index >= 15 is 0 Å². The first-order valence-corrected chi connectivity index (χ1v) is 5.43. The van der Waals surface area contributed by atoms with E-state index in [1.807, 2.05) is 0 Å². The molecule has 1 heterocycles. The number of hydrogen-bond donors (Lipinski definition) is 1. The highest BCUT2D eigenvalue weighted by Crippen LogP contribution is 2.24. The molecule has 0 aromatic heterocycles. The molecular weight excluding hydrogens is 160 g/mol. The van der Waals surface area contributed by atoms with Gasteiger partial charge in [0, 0.05) is 24.2 Å². The van der Waals surface area contributed by atoms with E-state index in [0.29, 0.717) is 11.1 Å². The molecule has 1 aliphatic heterocycles. The Morgan fingerprint density at radius 1 is 1.23 bits per heavy atom. The van der Waals surface area contributed by atoms with Crippen LogP contribution in [0.5, 0.6) is 0 Å². The summed E-state index contributed by atoms with van der Waals surface area (Å²) in [5, 5.41) is 3.66. The monoisotopic (exact) mass is 184 g/mol. The molecule has 0 aromatic carbocycles. The molecule has 0 saturated carbocycles. The minimum Gasteiger partial charge on any atom is -0.308 e. The van der Waals surface area contributed by atoms with Crippen molar-refractivity contribution in [3.63, 3.8) is 0 Å². The number of likely N-dealkylation sites (N-methyl/N-ethyl adjacent to an activating group) is 1. The maximum Gasteiger partial charge on any atom is 0.0278 e. The SMILES string of the molecule is CCN1CC(C)(CC)NCC1(C)C. The van der Waals surface area contributed by atoms with Crippen LogP contribution in [-0.2, 0) is 0 Å². The van der Waals surface area contributed by atoms with E-state index in [2.05, 4.69) is 44.8 Å². The summed E-state index contributed by atoms with van der Waals surface area (Å²) < 4.78 is 0. The second-order valence-corrected chi connectivity index (χ2v) is 5.09. The first-order valence-electron chi connectivity index (χ1n) is 5.43. The standard InChI is InChI=1S/C11H24N2/c1-6-11(5)9-13(7-2)10(3,4)8-12-11/h12H,6-9H2,1-5H3. The Bertz CT molecular complexity index is 177. The minimum atomic E-state index is 0.323. The predicted octanol–water partition coefficient (Wildman–Crippen LogP) is 1.86. The van der Waals surface area contributed by atoms with Crippen LogP contribution in [0.1, 0.15) is 41.0 Å². The summed E-state index contributed by atoms with van der Waals surface area (Å²) in [6, 6.07) is 0. The molecule has 2 nitrogen and oxygen atoms in total. The quantitative estimate of drug-likeness (QED) is 0.704. The van der Waals surface area contributed by atoms with Crippen molar-refractivity contribution in [2.24, 2.45) is 0 Å². The van der Waals surface area contributed by atoms with Crippen LogP contribution in [0, 0.1) is 0 Å². The molecule has 1 rings (SSSR count). The summed E-state index contributed by atoms with van der Waals surface area (Å²) in [5.74, 6) is 0. The largest absolute Gasteiger partial charge is 0.308 e. The lowest BCUT2D eigenvalue weighted by atomic mass is 9.88. The molecule has 13 heavy (non-hydrogen) atoms. The van der Waals surface area contributed by atoms with Gasteiger partial charge in [0.2, 0.25) is 0 Å². The maximum absolute atomic E-state index is 3.66. The number of nitrogens with one attached hydrogen (secondary N) is 1. The van der Waals surface area contributed by atoms with Crippen LogP contribution in [0.15, 0.2) is 0 Å². The van der Waals surface area contributed by atoms with Crippen LogP contribution >= 0.6 is 0 Å². The predicted molar refractivity (Wildman–Crippen MR) is 58.0 cm³/mol. The minimum absolute atomic E-state index is 0.323. The summed E-state index contributed by atoms with van der Waals surface area (Å²) in [6.45, 7) is 14.9. The van der Waals surface area contributed by atoms with E-state index in [-0.39, 0.29) is 0 Å². The van der Waals surface area contributed by atoms with Gasteiger partial charge < -0.3 is 5.32 Å². The molecule has 0 bridgehead atoms. The van der Waals surface area contributed by atoms with Crippen LogP contribution in [0.25, 0.3) is 0 Å². The Balaban J connectivity index is 2.68. The zero-order valence-electron chi connectivity index (χ0n) is 9.78. The number of piperazine rings is 1. The fourth-order valence-electron chi connectivity index (χ4n) is 2.01. The fraction of sp³-hybridized carbons (Fsp3) is 1.00. The van der Waals surface area contributed by atoms with Crippen molar-refractivity contribution in [3.8, 4) is 0 Å². The molecule has 0 amide bonds. The summed E-state index contributed by atoms with van der Waals surface area (Å²) in [7, 11) is 0. The zero-order valence-corrected chi connectivity index (χ0v) is 9.78. The molecule has 1 N–H and O–H groups in total. The molecule has 0 aromatic rings. The zero-order chi connectivity index (χ0) is 10.1. The fourth-order valence-corrected chi connectivity index (χ4v) is 2.01. The summed E-state index contributed by atoms with van der Waals surface area (Å²) in [5.41, 5.74) is 0.648. The average molecular weight is 184 g/mol. The first-order chi connectivity index (χ1) is 5.93. The van der Waals surface area contributed by atoms with Crippen LogP contribution in [-0.4, -0.2) is 35.6 Å². The number of hydrogen-bond acceptors (Lipinski definition) is 2. The van der Waals surface area contributed by atoms with Gasteiger partial charge in [-0.05, 0) is 33.7 Å². The van der Waals surface area contributed by atoms with Crippen molar-refractivity contribution in [1.29, 1.82) is 0 Å². The maximum atomic E-state index is 3.66. The van der Waals surface area contributed by atoms with Gasteiger partial charge >= 0.3 is 0 Å². The summed E-state index contributed by atoms with van der Waals surface area (Å²) in [6.07, 6.45) is 1.21. The van der Waals surface area contributed by atoms with E-state index in [1.165, 1.54) is 13.0 Å². The molecule has 1 aliphatic rings. The van der Waals surface area contributed by atoms with Crippen LogP contribution in [0.2, 0.25) is 0 Å². The molecular formula is C11H24N2. The van der Waals surface area contributed by atoms with Gasteiger partial charge in [0.25, 0.3) is 0 Å². The lowest BCUT2D eigenvalue weighted by molar-refractivity contribution is 0.0360. The highest BCUT2D eigenvalue weighted by atomic mass is 15.3. The van der Waals surface area contributed by atoms with E-state index in [1.54, 1.807) is 0 Å². The lowest BCUT2D eigenvalue weighted by Gasteiger charge is -2.50. The van der Waals surface area contributed by atoms with E-state index in [4.69, 9.17) is 0 Å².